The first-order chi connectivity index (χ1) is 13.6. The van der Waals surface area contributed by atoms with Gasteiger partial charge in [0.2, 0.25) is 0 Å². The number of ether oxygens (including phenoxy) is 2. The Morgan fingerprint density at radius 2 is 1.38 bits per heavy atom. The average molecular weight is 413 g/mol. The minimum atomic E-state index is -2.05. The Morgan fingerprint density at radius 1 is 0.897 bits per heavy atom. The van der Waals surface area contributed by atoms with Gasteiger partial charge in [0.25, 0.3) is 0 Å². The van der Waals surface area contributed by atoms with Crippen molar-refractivity contribution in [1.29, 1.82) is 0 Å². The zero-order chi connectivity index (χ0) is 21.7. The third kappa shape index (κ3) is 6.05. The molecule has 0 fully saturated rings. The van der Waals surface area contributed by atoms with Crippen LogP contribution in [0.25, 0.3) is 0 Å². The highest BCUT2D eigenvalue weighted by atomic mass is 28.4. The van der Waals surface area contributed by atoms with Crippen LogP contribution >= 0.6 is 0 Å². The van der Waals surface area contributed by atoms with Gasteiger partial charge in [-0.1, -0.05) is 32.9 Å². The molecule has 2 rings (SSSR count). The van der Waals surface area contributed by atoms with Gasteiger partial charge in [0.15, 0.2) is 14.1 Å². The summed E-state index contributed by atoms with van der Waals surface area (Å²) in [4.78, 5) is 12.7. The predicted molar refractivity (Wildman–Crippen MR) is 120 cm³/mol. The van der Waals surface area contributed by atoms with Crippen molar-refractivity contribution in [2.45, 2.75) is 45.0 Å². The average Bonchev–Trinajstić information content (AvgIpc) is 2.70. The number of hydrogen-bond donors (Lipinski definition) is 0. The van der Waals surface area contributed by atoms with Crippen LogP contribution in [-0.2, 0) is 4.43 Å². The van der Waals surface area contributed by atoms with Gasteiger partial charge in [-0.05, 0) is 72.2 Å². The fraction of sp³-hybridized carbons (Fsp3) is 0.375. The summed E-state index contributed by atoms with van der Waals surface area (Å²) in [7, 11) is 1.20. The van der Waals surface area contributed by atoms with Crippen molar-refractivity contribution < 1.29 is 18.7 Å². The first-order valence-electron chi connectivity index (χ1n) is 9.76. The maximum atomic E-state index is 12.7. The molecule has 0 saturated carbocycles. The molecule has 2 aromatic carbocycles. The summed E-state index contributed by atoms with van der Waals surface area (Å²) in [6, 6.07) is 14.9. The molecule has 1 unspecified atom stereocenters. The van der Waals surface area contributed by atoms with Gasteiger partial charge in [0, 0.05) is 5.56 Å². The molecule has 0 aromatic heterocycles. The van der Waals surface area contributed by atoms with Crippen LogP contribution in [0.3, 0.4) is 0 Å². The van der Waals surface area contributed by atoms with Crippen LogP contribution in [-0.4, -0.2) is 28.3 Å². The minimum Gasteiger partial charge on any atom is -0.497 e. The van der Waals surface area contributed by atoms with Crippen molar-refractivity contribution in [2.75, 3.05) is 14.2 Å². The molecule has 0 radical (unpaired) electrons. The summed E-state index contributed by atoms with van der Waals surface area (Å²) < 4.78 is 17.0. The molecule has 0 spiro atoms. The van der Waals surface area contributed by atoms with Crippen molar-refractivity contribution in [3.63, 3.8) is 0 Å². The number of carbonyl (C=O) groups excluding carboxylic acids is 1. The summed E-state index contributed by atoms with van der Waals surface area (Å²) in [5.41, 5.74) is 1.61. The van der Waals surface area contributed by atoms with E-state index in [1.807, 2.05) is 30.3 Å². The molecule has 0 aliphatic heterocycles. The van der Waals surface area contributed by atoms with Crippen molar-refractivity contribution in [3.8, 4) is 11.5 Å². The second-order valence-electron chi connectivity index (χ2n) is 8.52. The molecule has 0 aliphatic rings. The Bertz CT molecular complexity index is 831. The Kier molecular flexibility index (Phi) is 7.44. The molecule has 2 aromatic rings. The summed E-state index contributed by atoms with van der Waals surface area (Å²) in [5.74, 6) is 1.45. The van der Waals surface area contributed by atoms with Gasteiger partial charge in [-0.2, -0.15) is 0 Å². The Labute approximate surface area is 175 Å². The molecule has 0 aliphatic carbocycles. The Balaban J connectivity index is 2.30. The first-order valence-corrected chi connectivity index (χ1v) is 12.7. The smallest absolute Gasteiger partial charge is 0.193 e. The van der Waals surface area contributed by atoms with Crippen LogP contribution in [0, 0.1) is 0 Å². The number of ketones is 1. The van der Waals surface area contributed by atoms with E-state index in [2.05, 4.69) is 33.9 Å². The Morgan fingerprint density at radius 3 is 1.83 bits per heavy atom. The lowest BCUT2D eigenvalue weighted by atomic mass is 10.1. The van der Waals surface area contributed by atoms with Crippen molar-refractivity contribution in [1.82, 2.24) is 0 Å². The number of carbonyl (C=O) groups is 1. The fourth-order valence-electron chi connectivity index (χ4n) is 2.53. The molecule has 5 heteroatoms. The van der Waals surface area contributed by atoms with Gasteiger partial charge in [-0.3, -0.25) is 4.79 Å². The molecular weight excluding hydrogens is 380 g/mol. The second-order valence-corrected chi connectivity index (χ2v) is 13.3. The summed E-state index contributed by atoms with van der Waals surface area (Å²) in [5, 5.41) is 0.0611. The highest BCUT2D eigenvalue weighted by Gasteiger charge is 2.39. The zero-order valence-electron chi connectivity index (χ0n) is 18.5. The molecule has 0 heterocycles. The SMILES string of the molecule is COc1ccc(C(=O)/C=C/C(O[Si](C)(C)C(C)(C)C)c2ccc(OC)cc2)cc1. The first kappa shape index (κ1) is 22.9. The topological polar surface area (TPSA) is 44.8 Å². The van der Waals surface area contributed by atoms with Gasteiger partial charge >= 0.3 is 0 Å². The molecule has 4 nitrogen and oxygen atoms in total. The lowest BCUT2D eigenvalue weighted by Gasteiger charge is -2.38. The molecule has 29 heavy (non-hydrogen) atoms. The van der Waals surface area contributed by atoms with E-state index in [1.54, 1.807) is 44.6 Å². The minimum absolute atomic E-state index is 0.0611. The van der Waals surface area contributed by atoms with Crippen LogP contribution in [0.2, 0.25) is 18.1 Å². The van der Waals surface area contributed by atoms with Gasteiger partial charge < -0.3 is 13.9 Å². The monoisotopic (exact) mass is 412 g/mol. The van der Waals surface area contributed by atoms with Gasteiger partial charge in [0.1, 0.15) is 11.5 Å². The van der Waals surface area contributed by atoms with Crippen molar-refractivity contribution in [2.24, 2.45) is 0 Å². The highest BCUT2D eigenvalue weighted by molar-refractivity contribution is 6.74. The van der Waals surface area contributed by atoms with Crippen LogP contribution in [0.1, 0.15) is 42.8 Å². The van der Waals surface area contributed by atoms with E-state index in [-0.39, 0.29) is 16.9 Å². The molecule has 0 saturated heterocycles. The van der Waals surface area contributed by atoms with E-state index in [1.165, 1.54) is 0 Å². The van der Waals surface area contributed by atoms with Crippen LogP contribution in [0.5, 0.6) is 11.5 Å². The maximum absolute atomic E-state index is 12.7. The van der Waals surface area contributed by atoms with Gasteiger partial charge in [-0.25, -0.2) is 0 Å². The number of allylic oxidation sites excluding steroid dienone is 1. The van der Waals surface area contributed by atoms with E-state index < -0.39 is 8.32 Å². The van der Waals surface area contributed by atoms with Crippen LogP contribution < -0.4 is 9.47 Å². The molecule has 0 amide bonds. The maximum Gasteiger partial charge on any atom is 0.193 e. The molecule has 0 N–H and O–H groups in total. The standard InChI is InChI=1S/C24H32O4Si/c1-24(2,3)29(6,7)28-23(19-10-14-21(27-5)15-11-19)17-16-22(25)18-8-12-20(26-4)13-9-18/h8-17,23H,1-7H3/b17-16+. The summed E-state index contributed by atoms with van der Waals surface area (Å²) in [6.45, 7) is 11.0. The number of benzene rings is 2. The van der Waals surface area contributed by atoms with E-state index in [0.29, 0.717) is 5.56 Å². The van der Waals surface area contributed by atoms with Gasteiger partial charge in [0.05, 0.1) is 20.3 Å². The van der Waals surface area contributed by atoms with Crippen LogP contribution in [0.4, 0.5) is 0 Å². The quantitative estimate of drug-likeness (QED) is 0.294. The van der Waals surface area contributed by atoms with E-state index in [4.69, 9.17) is 13.9 Å². The van der Waals surface area contributed by atoms with Crippen molar-refractivity contribution in [3.05, 3.63) is 71.8 Å². The van der Waals surface area contributed by atoms with Crippen LogP contribution in [0.15, 0.2) is 60.7 Å². The number of hydrogen-bond acceptors (Lipinski definition) is 4. The molecule has 156 valence electrons. The second kappa shape index (κ2) is 9.42. The summed E-state index contributed by atoms with van der Waals surface area (Å²) in [6.07, 6.45) is 3.16. The fourth-order valence-corrected chi connectivity index (χ4v) is 3.74. The normalized spacial score (nSPS) is 13.3. The lowest BCUT2D eigenvalue weighted by Crippen LogP contribution is -2.41. The highest BCUT2D eigenvalue weighted by Crippen LogP contribution is 2.40. The van der Waals surface area contributed by atoms with E-state index in [9.17, 15) is 4.79 Å². The molecule has 1 atom stereocenters. The van der Waals surface area contributed by atoms with E-state index in [0.717, 1.165) is 17.1 Å². The third-order valence-electron chi connectivity index (χ3n) is 5.47. The molecule has 0 bridgehead atoms. The zero-order valence-corrected chi connectivity index (χ0v) is 19.5. The van der Waals surface area contributed by atoms with Crippen molar-refractivity contribution >= 4 is 14.1 Å². The lowest BCUT2D eigenvalue weighted by molar-refractivity contribution is 0.104. The summed E-state index contributed by atoms with van der Waals surface area (Å²) >= 11 is 0. The third-order valence-corrected chi connectivity index (χ3v) is 9.92. The Hall–Kier alpha value is -2.37. The largest absolute Gasteiger partial charge is 0.497 e. The van der Waals surface area contributed by atoms with E-state index >= 15 is 0 Å². The number of rotatable bonds is 8. The number of methoxy groups -OCH3 is 2. The predicted octanol–water partition coefficient (Wildman–Crippen LogP) is 6.21. The molecular formula is C24H32O4Si. The van der Waals surface area contributed by atoms with Gasteiger partial charge in [-0.15, -0.1) is 0 Å².